The first-order valence-corrected chi connectivity index (χ1v) is 7.68. The molecule has 4 heteroatoms. The standard InChI is InChI=1S/C16H34O4/c1-8-9-10-11-12-13-14(2)15(3,17-4)16(18-5,19-6)20-7/h14H,8-13H2,1-7H3. The van der Waals surface area contributed by atoms with Crippen LogP contribution in [0, 0.1) is 5.92 Å². The summed E-state index contributed by atoms with van der Waals surface area (Å²) < 4.78 is 22.2. The summed E-state index contributed by atoms with van der Waals surface area (Å²) in [4.78, 5) is 0. The van der Waals surface area contributed by atoms with Gasteiger partial charge in [0.15, 0.2) is 0 Å². The van der Waals surface area contributed by atoms with Crippen LogP contribution in [0.3, 0.4) is 0 Å². The Kier molecular flexibility index (Phi) is 9.64. The average molecular weight is 290 g/mol. The zero-order chi connectivity index (χ0) is 15.6. The van der Waals surface area contributed by atoms with Crippen molar-refractivity contribution in [2.24, 2.45) is 5.92 Å². The van der Waals surface area contributed by atoms with Crippen LogP contribution < -0.4 is 0 Å². The maximum atomic E-state index is 5.74. The van der Waals surface area contributed by atoms with E-state index in [1.165, 1.54) is 32.1 Å². The van der Waals surface area contributed by atoms with Crippen LogP contribution in [0.1, 0.15) is 59.3 Å². The molecule has 0 N–H and O–H groups in total. The Balaban J connectivity index is 4.67. The Morgan fingerprint density at radius 1 is 0.800 bits per heavy atom. The first-order chi connectivity index (χ1) is 9.47. The Morgan fingerprint density at radius 3 is 1.70 bits per heavy atom. The highest BCUT2D eigenvalue weighted by Crippen LogP contribution is 2.39. The molecule has 0 aromatic heterocycles. The van der Waals surface area contributed by atoms with Crippen molar-refractivity contribution in [2.45, 2.75) is 70.9 Å². The van der Waals surface area contributed by atoms with Crippen molar-refractivity contribution in [1.82, 2.24) is 0 Å². The smallest absolute Gasteiger partial charge is 0.313 e. The van der Waals surface area contributed by atoms with E-state index in [0.29, 0.717) is 0 Å². The van der Waals surface area contributed by atoms with Crippen molar-refractivity contribution in [3.05, 3.63) is 0 Å². The van der Waals surface area contributed by atoms with E-state index in [0.717, 1.165) is 6.42 Å². The zero-order valence-electron chi connectivity index (χ0n) is 14.5. The van der Waals surface area contributed by atoms with Gasteiger partial charge in [0, 0.05) is 28.4 Å². The van der Waals surface area contributed by atoms with Crippen molar-refractivity contribution < 1.29 is 18.9 Å². The van der Waals surface area contributed by atoms with Crippen molar-refractivity contribution in [1.29, 1.82) is 0 Å². The second kappa shape index (κ2) is 9.72. The van der Waals surface area contributed by atoms with E-state index in [1.54, 1.807) is 28.4 Å². The van der Waals surface area contributed by atoms with Crippen LogP contribution in [0.2, 0.25) is 0 Å². The lowest BCUT2D eigenvalue weighted by atomic mass is 9.83. The molecule has 0 saturated carbocycles. The Bertz CT molecular complexity index is 232. The summed E-state index contributed by atoms with van der Waals surface area (Å²) >= 11 is 0. The molecule has 0 fully saturated rings. The molecule has 0 bridgehead atoms. The van der Waals surface area contributed by atoms with Crippen LogP contribution in [-0.2, 0) is 18.9 Å². The second-order valence-electron chi connectivity index (χ2n) is 5.58. The SMILES string of the molecule is CCCCCCCC(C)C(C)(OC)C(OC)(OC)OC. The third-order valence-electron chi connectivity index (χ3n) is 4.52. The van der Waals surface area contributed by atoms with Gasteiger partial charge in [0.25, 0.3) is 0 Å². The fourth-order valence-corrected chi connectivity index (χ4v) is 2.82. The Labute approximate surface area is 125 Å². The first kappa shape index (κ1) is 19.8. The number of methoxy groups -OCH3 is 4. The molecule has 2 unspecified atom stereocenters. The van der Waals surface area contributed by atoms with Gasteiger partial charge in [-0.25, -0.2) is 0 Å². The topological polar surface area (TPSA) is 36.9 Å². The van der Waals surface area contributed by atoms with E-state index < -0.39 is 11.6 Å². The highest BCUT2D eigenvalue weighted by molar-refractivity contribution is 4.90. The minimum Gasteiger partial charge on any atom is -0.370 e. The van der Waals surface area contributed by atoms with Crippen LogP contribution in [0.25, 0.3) is 0 Å². The lowest BCUT2D eigenvalue weighted by molar-refractivity contribution is -0.428. The van der Waals surface area contributed by atoms with Crippen molar-refractivity contribution in [3.63, 3.8) is 0 Å². The number of ether oxygens (including phenoxy) is 4. The number of unbranched alkanes of at least 4 members (excludes halogenated alkanes) is 4. The van der Waals surface area contributed by atoms with Crippen LogP contribution in [0.4, 0.5) is 0 Å². The summed E-state index contributed by atoms with van der Waals surface area (Å²) in [5, 5.41) is 0. The van der Waals surface area contributed by atoms with Crippen molar-refractivity contribution >= 4 is 0 Å². The van der Waals surface area contributed by atoms with Crippen LogP contribution in [0.5, 0.6) is 0 Å². The highest BCUT2D eigenvalue weighted by atomic mass is 16.9. The molecule has 122 valence electrons. The van der Waals surface area contributed by atoms with E-state index in [-0.39, 0.29) is 5.92 Å². The van der Waals surface area contributed by atoms with Gasteiger partial charge in [-0.05, 0) is 19.3 Å². The third-order valence-corrected chi connectivity index (χ3v) is 4.52. The fraction of sp³-hybridized carbons (Fsp3) is 1.00. The monoisotopic (exact) mass is 290 g/mol. The molecule has 0 aliphatic heterocycles. The normalized spacial score (nSPS) is 16.9. The van der Waals surface area contributed by atoms with Gasteiger partial charge in [0.05, 0.1) is 0 Å². The molecule has 0 aromatic carbocycles. The molecule has 0 heterocycles. The number of rotatable bonds is 12. The maximum Gasteiger partial charge on any atom is 0.313 e. The van der Waals surface area contributed by atoms with Gasteiger partial charge in [-0.15, -0.1) is 0 Å². The Hall–Kier alpha value is -0.160. The van der Waals surface area contributed by atoms with Crippen LogP contribution in [0.15, 0.2) is 0 Å². The highest BCUT2D eigenvalue weighted by Gasteiger charge is 2.54. The second-order valence-corrected chi connectivity index (χ2v) is 5.58. The molecule has 0 aromatic rings. The zero-order valence-corrected chi connectivity index (χ0v) is 14.5. The molecule has 0 aliphatic carbocycles. The molecule has 4 nitrogen and oxygen atoms in total. The predicted octanol–water partition coefficient (Wildman–Crippen LogP) is 3.98. The largest absolute Gasteiger partial charge is 0.370 e. The molecule has 0 radical (unpaired) electrons. The fourth-order valence-electron chi connectivity index (χ4n) is 2.82. The van der Waals surface area contributed by atoms with Gasteiger partial charge < -0.3 is 18.9 Å². The van der Waals surface area contributed by atoms with E-state index in [4.69, 9.17) is 18.9 Å². The van der Waals surface area contributed by atoms with E-state index in [2.05, 4.69) is 13.8 Å². The first-order valence-electron chi connectivity index (χ1n) is 7.68. The van der Waals surface area contributed by atoms with Crippen LogP contribution >= 0.6 is 0 Å². The number of hydrogen-bond acceptors (Lipinski definition) is 4. The lowest BCUT2D eigenvalue weighted by Crippen LogP contribution is -2.60. The van der Waals surface area contributed by atoms with E-state index in [9.17, 15) is 0 Å². The summed E-state index contributed by atoms with van der Waals surface area (Å²) in [6.07, 6.45) is 7.40. The molecule has 0 aliphatic rings. The molecule has 20 heavy (non-hydrogen) atoms. The predicted molar refractivity (Wildman–Crippen MR) is 81.7 cm³/mol. The van der Waals surface area contributed by atoms with Crippen molar-refractivity contribution in [2.75, 3.05) is 28.4 Å². The summed E-state index contributed by atoms with van der Waals surface area (Å²) in [6, 6.07) is 0. The molecule has 0 spiro atoms. The van der Waals surface area contributed by atoms with E-state index in [1.807, 2.05) is 6.92 Å². The molecule has 0 saturated heterocycles. The summed E-state index contributed by atoms with van der Waals surface area (Å²) in [5.41, 5.74) is -0.657. The average Bonchev–Trinajstić information content (AvgIpc) is 2.48. The summed E-state index contributed by atoms with van der Waals surface area (Å²) in [5.74, 6) is -0.918. The van der Waals surface area contributed by atoms with Gasteiger partial charge in [-0.1, -0.05) is 46.0 Å². The molecular formula is C16H34O4. The lowest BCUT2D eigenvalue weighted by Gasteiger charge is -2.46. The molecule has 0 amide bonds. The maximum absolute atomic E-state index is 5.74. The van der Waals surface area contributed by atoms with Crippen molar-refractivity contribution in [3.8, 4) is 0 Å². The van der Waals surface area contributed by atoms with Gasteiger partial charge in [-0.2, -0.15) is 0 Å². The number of hydrogen-bond donors (Lipinski definition) is 0. The van der Waals surface area contributed by atoms with Gasteiger partial charge in [0.2, 0.25) is 0 Å². The quantitative estimate of drug-likeness (QED) is 0.402. The molecule has 0 rings (SSSR count). The van der Waals surface area contributed by atoms with Gasteiger partial charge in [0.1, 0.15) is 5.60 Å². The summed E-state index contributed by atoms with van der Waals surface area (Å²) in [6.45, 7) is 6.38. The van der Waals surface area contributed by atoms with Gasteiger partial charge >= 0.3 is 5.97 Å². The van der Waals surface area contributed by atoms with E-state index >= 15 is 0 Å². The minimum absolute atomic E-state index is 0.258. The molecular weight excluding hydrogens is 256 g/mol. The summed E-state index contributed by atoms with van der Waals surface area (Å²) in [7, 11) is 6.42. The van der Waals surface area contributed by atoms with Gasteiger partial charge in [-0.3, -0.25) is 0 Å². The third kappa shape index (κ3) is 4.42. The van der Waals surface area contributed by atoms with Crippen LogP contribution in [-0.4, -0.2) is 40.0 Å². The minimum atomic E-state index is -1.18. The molecule has 2 atom stereocenters. The Morgan fingerprint density at radius 2 is 1.30 bits per heavy atom.